The van der Waals surface area contributed by atoms with Gasteiger partial charge < -0.3 is 11.1 Å². The topological polar surface area (TPSA) is 80.9 Å². The monoisotopic (exact) mass is 254 g/mol. The number of amides is 1. The summed E-state index contributed by atoms with van der Waals surface area (Å²) in [5.41, 5.74) is 7.47. The van der Waals surface area contributed by atoms with Crippen molar-refractivity contribution in [1.82, 2.24) is 9.97 Å². The molecule has 3 N–H and O–H groups in total. The lowest BCUT2D eigenvalue weighted by molar-refractivity contribution is 0.100. The van der Waals surface area contributed by atoms with E-state index in [1.165, 1.54) is 12.8 Å². The zero-order valence-electron chi connectivity index (χ0n) is 10.3. The smallest absolute Gasteiger partial charge is 0.248 e. The molecule has 19 heavy (non-hydrogen) atoms. The normalized spacial score (nSPS) is 14.1. The van der Waals surface area contributed by atoms with E-state index in [4.69, 9.17) is 5.73 Å². The van der Waals surface area contributed by atoms with Gasteiger partial charge in [0.15, 0.2) is 0 Å². The Morgan fingerprint density at radius 2 is 1.95 bits per heavy atom. The van der Waals surface area contributed by atoms with Gasteiger partial charge in [-0.1, -0.05) is 12.1 Å². The highest BCUT2D eigenvalue weighted by Gasteiger charge is 2.21. The number of hydrogen-bond donors (Lipinski definition) is 2. The van der Waals surface area contributed by atoms with Gasteiger partial charge in [-0.2, -0.15) is 0 Å². The van der Waals surface area contributed by atoms with Gasteiger partial charge in [-0.15, -0.1) is 0 Å². The summed E-state index contributed by atoms with van der Waals surface area (Å²) in [6, 6.07) is 9.55. The first kappa shape index (κ1) is 11.6. The maximum Gasteiger partial charge on any atom is 0.248 e. The zero-order chi connectivity index (χ0) is 13.2. The van der Waals surface area contributed by atoms with E-state index in [0.29, 0.717) is 11.6 Å². The number of carbonyl (C=O) groups is 1. The zero-order valence-corrected chi connectivity index (χ0v) is 10.3. The summed E-state index contributed by atoms with van der Waals surface area (Å²) < 4.78 is 0. The van der Waals surface area contributed by atoms with Crippen molar-refractivity contribution in [2.75, 3.05) is 5.32 Å². The van der Waals surface area contributed by atoms with E-state index in [0.717, 1.165) is 17.1 Å². The SMILES string of the molecule is NC(=O)c1ccc(-c2cc(NC3CC3)ncn2)cc1. The molecule has 1 aliphatic rings. The van der Waals surface area contributed by atoms with Gasteiger partial charge in [-0.25, -0.2) is 9.97 Å². The van der Waals surface area contributed by atoms with E-state index < -0.39 is 5.91 Å². The third-order valence-electron chi connectivity index (χ3n) is 3.06. The lowest BCUT2D eigenvalue weighted by Gasteiger charge is -2.06. The lowest BCUT2D eigenvalue weighted by Crippen LogP contribution is -2.10. The Morgan fingerprint density at radius 3 is 2.58 bits per heavy atom. The molecule has 1 aliphatic carbocycles. The van der Waals surface area contributed by atoms with Gasteiger partial charge in [-0.3, -0.25) is 4.79 Å². The summed E-state index contributed by atoms with van der Waals surface area (Å²) in [6.45, 7) is 0. The van der Waals surface area contributed by atoms with E-state index >= 15 is 0 Å². The summed E-state index contributed by atoms with van der Waals surface area (Å²) >= 11 is 0. The van der Waals surface area contributed by atoms with Crippen LogP contribution in [0.25, 0.3) is 11.3 Å². The molecule has 96 valence electrons. The van der Waals surface area contributed by atoms with Crippen molar-refractivity contribution in [2.24, 2.45) is 5.73 Å². The molecule has 0 radical (unpaired) electrons. The minimum absolute atomic E-state index is 0.426. The van der Waals surface area contributed by atoms with E-state index in [9.17, 15) is 4.79 Å². The first-order chi connectivity index (χ1) is 9.22. The van der Waals surface area contributed by atoms with Gasteiger partial charge in [0.2, 0.25) is 5.91 Å². The van der Waals surface area contributed by atoms with Crippen LogP contribution in [0, 0.1) is 0 Å². The first-order valence-corrected chi connectivity index (χ1v) is 6.21. The maximum absolute atomic E-state index is 11.0. The second-order valence-electron chi connectivity index (χ2n) is 4.65. The number of carbonyl (C=O) groups excluding carboxylic acids is 1. The van der Waals surface area contributed by atoms with Crippen LogP contribution in [0.1, 0.15) is 23.2 Å². The van der Waals surface area contributed by atoms with Gasteiger partial charge in [0.25, 0.3) is 0 Å². The van der Waals surface area contributed by atoms with Crippen LogP contribution < -0.4 is 11.1 Å². The fraction of sp³-hybridized carbons (Fsp3) is 0.214. The van der Waals surface area contributed by atoms with E-state index in [1.807, 2.05) is 18.2 Å². The Hall–Kier alpha value is -2.43. The Labute approximate surface area is 110 Å². The molecule has 1 heterocycles. The molecule has 0 aliphatic heterocycles. The number of nitrogens with two attached hydrogens (primary N) is 1. The van der Waals surface area contributed by atoms with Crippen LogP contribution in [-0.2, 0) is 0 Å². The number of hydrogen-bond acceptors (Lipinski definition) is 4. The highest BCUT2D eigenvalue weighted by atomic mass is 16.1. The standard InChI is InChI=1S/C14H14N4O/c15-14(19)10-3-1-9(2-4-10)12-7-13(17-8-16-12)18-11-5-6-11/h1-4,7-8,11H,5-6H2,(H2,15,19)(H,16,17,18). The molecule has 1 aromatic heterocycles. The quantitative estimate of drug-likeness (QED) is 0.872. The summed E-state index contributed by atoms with van der Waals surface area (Å²) in [7, 11) is 0. The minimum Gasteiger partial charge on any atom is -0.367 e. The van der Waals surface area contributed by atoms with E-state index in [2.05, 4.69) is 15.3 Å². The fourth-order valence-electron chi connectivity index (χ4n) is 1.84. The molecule has 0 bridgehead atoms. The van der Waals surface area contributed by atoms with Crippen LogP contribution in [0.4, 0.5) is 5.82 Å². The van der Waals surface area contributed by atoms with Gasteiger partial charge >= 0.3 is 0 Å². The molecule has 1 fully saturated rings. The summed E-state index contributed by atoms with van der Waals surface area (Å²) in [4.78, 5) is 19.5. The van der Waals surface area contributed by atoms with Crippen LogP contribution in [0.3, 0.4) is 0 Å². The lowest BCUT2D eigenvalue weighted by atomic mass is 10.1. The number of rotatable bonds is 4. The third-order valence-corrected chi connectivity index (χ3v) is 3.06. The molecular weight excluding hydrogens is 240 g/mol. The van der Waals surface area contributed by atoms with E-state index in [1.54, 1.807) is 18.5 Å². The highest BCUT2D eigenvalue weighted by molar-refractivity contribution is 5.93. The summed E-state index contributed by atoms with van der Waals surface area (Å²) in [6.07, 6.45) is 3.95. The Kier molecular flexibility index (Phi) is 2.87. The van der Waals surface area contributed by atoms with Crippen LogP contribution >= 0.6 is 0 Å². The summed E-state index contributed by atoms with van der Waals surface area (Å²) in [5.74, 6) is 0.414. The molecular formula is C14H14N4O. The van der Waals surface area contributed by atoms with Crippen LogP contribution in [0.15, 0.2) is 36.7 Å². The second-order valence-corrected chi connectivity index (χ2v) is 4.65. The fourth-order valence-corrected chi connectivity index (χ4v) is 1.84. The minimum atomic E-state index is -0.426. The molecule has 0 atom stereocenters. The molecule has 3 rings (SSSR count). The predicted molar refractivity (Wildman–Crippen MR) is 72.6 cm³/mol. The second kappa shape index (κ2) is 4.68. The highest BCUT2D eigenvalue weighted by Crippen LogP contribution is 2.25. The number of anilines is 1. The Morgan fingerprint density at radius 1 is 1.21 bits per heavy atom. The molecule has 0 saturated heterocycles. The summed E-state index contributed by atoms with van der Waals surface area (Å²) in [5, 5.41) is 3.33. The predicted octanol–water partition coefficient (Wildman–Crippen LogP) is 1.82. The van der Waals surface area contributed by atoms with Crippen LogP contribution in [0.2, 0.25) is 0 Å². The van der Waals surface area contributed by atoms with E-state index in [-0.39, 0.29) is 0 Å². The molecule has 0 spiro atoms. The number of benzene rings is 1. The van der Waals surface area contributed by atoms with Crippen molar-refractivity contribution < 1.29 is 4.79 Å². The number of aromatic nitrogens is 2. The van der Waals surface area contributed by atoms with Crippen molar-refractivity contribution in [1.29, 1.82) is 0 Å². The van der Waals surface area contributed by atoms with Gasteiger partial charge in [0, 0.05) is 23.2 Å². The van der Waals surface area contributed by atoms with Crippen molar-refractivity contribution >= 4 is 11.7 Å². The van der Waals surface area contributed by atoms with Crippen LogP contribution in [-0.4, -0.2) is 21.9 Å². The van der Waals surface area contributed by atoms with Gasteiger partial charge in [0.05, 0.1) is 5.69 Å². The third kappa shape index (κ3) is 2.70. The van der Waals surface area contributed by atoms with Gasteiger partial charge in [-0.05, 0) is 25.0 Å². The average molecular weight is 254 g/mol. The van der Waals surface area contributed by atoms with Crippen molar-refractivity contribution in [3.8, 4) is 11.3 Å². The van der Waals surface area contributed by atoms with Crippen LogP contribution in [0.5, 0.6) is 0 Å². The molecule has 1 saturated carbocycles. The van der Waals surface area contributed by atoms with Crippen molar-refractivity contribution in [2.45, 2.75) is 18.9 Å². The number of nitrogens with one attached hydrogen (secondary N) is 1. The number of primary amides is 1. The van der Waals surface area contributed by atoms with Crippen molar-refractivity contribution in [3.63, 3.8) is 0 Å². The molecule has 0 unspecified atom stereocenters. The molecule has 2 aromatic rings. The molecule has 5 nitrogen and oxygen atoms in total. The molecule has 1 amide bonds. The Balaban J connectivity index is 1.85. The largest absolute Gasteiger partial charge is 0.367 e. The average Bonchev–Trinajstić information content (AvgIpc) is 3.23. The van der Waals surface area contributed by atoms with Gasteiger partial charge in [0.1, 0.15) is 12.1 Å². The first-order valence-electron chi connectivity index (χ1n) is 6.21. The maximum atomic E-state index is 11.0. The Bertz CT molecular complexity index is 605. The molecule has 5 heteroatoms. The molecule has 1 aromatic carbocycles. The van der Waals surface area contributed by atoms with Crippen molar-refractivity contribution in [3.05, 3.63) is 42.2 Å². The number of nitrogens with zero attached hydrogens (tertiary/aromatic N) is 2.